The number of hydrogen-bond acceptors (Lipinski definition) is 3. The number of thiocyanates is 1. The topological polar surface area (TPSA) is 27.0 Å². The molecule has 2 aromatic rings. The van der Waals surface area contributed by atoms with Gasteiger partial charge in [-0.15, -0.1) is 0 Å². The lowest BCUT2D eigenvalue weighted by atomic mass is 10.1. The smallest absolute Gasteiger partial charge is 0.138 e. The van der Waals surface area contributed by atoms with Crippen LogP contribution in [0.2, 0.25) is 0 Å². The minimum absolute atomic E-state index is 1.02. The third kappa shape index (κ3) is 1.84. The summed E-state index contributed by atoms with van der Waals surface area (Å²) in [4.78, 5) is 3.10. The van der Waals surface area contributed by atoms with Gasteiger partial charge >= 0.3 is 0 Å². The van der Waals surface area contributed by atoms with Crippen molar-refractivity contribution in [1.29, 1.82) is 5.26 Å². The largest absolute Gasteiger partial charge is 0.377 e. The van der Waals surface area contributed by atoms with Crippen LogP contribution in [0.25, 0.3) is 10.8 Å². The van der Waals surface area contributed by atoms with Gasteiger partial charge in [0.25, 0.3) is 0 Å². The predicted molar refractivity (Wildman–Crippen MR) is 69.7 cm³/mol. The van der Waals surface area contributed by atoms with E-state index in [9.17, 15) is 0 Å². The average molecular weight is 228 g/mol. The van der Waals surface area contributed by atoms with Gasteiger partial charge in [-0.25, -0.2) is 0 Å². The fourth-order valence-electron chi connectivity index (χ4n) is 1.78. The Morgan fingerprint density at radius 1 is 1.06 bits per heavy atom. The van der Waals surface area contributed by atoms with Crippen molar-refractivity contribution in [2.24, 2.45) is 0 Å². The fraction of sp³-hybridized carbons (Fsp3) is 0.154. The van der Waals surface area contributed by atoms with E-state index in [1.54, 1.807) is 0 Å². The van der Waals surface area contributed by atoms with Crippen LogP contribution >= 0.6 is 11.8 Å². The lowest BCUT2D eigenvalue weighted by Crippen LogP contribution is -2.08. The number of hydrogen-bond donors (Lipinski definition) is 0. The molecule has 0 radical (unpaired) electrons. The molecule has 0 unspecified atom stereocenters. The molecule has 0 heterocycles. The van der Waals surface area contributed by atoms with Crippen LogP contribution in [0.15, 0.2) is 41.3 Å². The Morgan fingerprint density at radius 3 is 2.38 bits per heavy atom. The Bertz CT molecular complexity index is 555. The van der Waals surface area contributed by atoms with Gasteiger partial charge in [-0.05, 0) is 29.3 Å². The highest BCUT2D eigenvalue weighted by atomic mass is 32.2. The number of nitriles is 1. The van der Waals surface area contributed by atoms with Gasteiger partial charge in [0.05, 0.1) is 0 Å². The second-order valence-corrected chi connectivity index (χ2v) is 4.54. The van der Waals surface area contributed by atoms with E-state index in [1.165, 1.54) is 22.8 Å². The maximum Gasteiger partial charge on any atom is 0.138 e. The molecule has 16 heavy (non-hydrogen) atoms. The maximum absolute atomic E-state index is 8.76. The van der Waals surface area contributed by atoms with Crippen LogP contribution in [-0.4, -0.2) is 14.1 Å². The Hall–Kier alpha value is -1.66. The molecule has 0 aliphatic rings. The van der Waals surface area contributed by atoms with E-state index >= 15 is 0 Å². The molecule has 0 amide bonds. The predicted octanol–water partition coefficient (Wildman–Crippen LogP) is 3.48. The Labute approximate surface area is 99.5 Å². The van der Waals surface area contributed by atoms with Crippen molar-refractivity contribution >= 4 is 28.2 Å². The molecule has 0 aromatic heterocycles. The summed E-state index contributed by atoms with van der Waals surface area (Å²) in [5.41, 5.74) is 1.18. The second kappa shape index (κ2) is 4.46. The molecule has 80 valence electrons. The van der Waals surface area contributed by atoms with E-state index in [0.717, 1.165) is 10.3 Å². The average Bonchev–Trinajstić information content (AvgIpc) is 2.29. The first kappa shape index (κ1) is 10.8. The molecule has 0 spiro atoms. The Balaban J connectivity index is 2.73. The van der Waals surface area contributed by atoms with E-state index in [-0.39, 0.29) is 0 Å². The van der Waals surface area contributed by atoms with Gasteiger partial charge in [0.15, 0.2) is 0 Å². The summed E-state index contributed by atoms with van der Waals surface area (Å²) in [6.07, 6.45) is 0. The number of nitrogens with zero attached hydrogens (tertiary/aromatic N) is 2. The highest BCUT2D eigenvalue weighted by Gasteiger charge is 2.06. The molecule has 3 heteroatoms. The molecule has 0 aliphatic carbocycles. The fourth-order valence-corrected chi connectivity index (χ4v) is 2.31. The van der Waals surface area contributed by atoms with Crippen LogP contribution < -0.4 is 4.90 Å². The van der Waals surface area contributed by atoms with E-state index in [1.807, 2.05) is 32.3 Å². The molecular weight excluding hydrogens is 216 g/mol. The summed E-state index contributed by atoms with van der Waals surface area (Å²) in [7, 11) is 4.05. The molecule has 0 saturated heterocycles. The lowest BCUT2D eigenvalue weighted by molar-refractivity contribution is 1.14. The van der Waals surface area contributed by atoms with E-state index in [2.05, 4.69) is 28.5 Å². The van der Waals surface area contributed by atoms with E-state index < -0.39 is 0 Å². The zero-order chi connectivity index (χ0) is 11.5. The highest BCUT2D eigenvalue weighted by Crippen LogP contribution is 2.33. The highest BCUT2D eigenvalue weighted by molar-refractivity contribution is 8.04. The number of thioether (sulfide) groups is 1. The van der Waals surface area contributed by atoms with Crippen LogP contribution in [0.4, 0.5) is 5.69 Å². The van der Waals surface area contributed by atoms with Crippen molar-refractivity contribution in [3.05, 3.63) is 36.4 Å². The minimum Gasteiger partial charge on any atom is -0.377 e. The summed E-state index contributed by atoms with van der Waals surface area (Å²) in [6.45, 7) is 0. The van der Waals surface area contributed by atoms with Gasteiger partial charge in [-0.3, -0.25) is 0 Å². The van der Waals surface area contributed by atoms with Crippen molar-refractivity contribution < 1.29 is 0 Å². The second-order valence-electron chi connectivity index (χ2n) is 3.72. The number of fused-ring (bicyclic) bond motifs is 1. The van der Waals surface area contributed by atoms with E-state index in [0.29, 0.717) is 0 Å². The van der Waals surface area contributed by atoms with Crippen molar-refractivity contribution in [2.45, 2.75) is 4.90 Å². The van der Waals surface area contributed by atoms with Gasteiger partial charge in [0.1, 0.15) is 5.40 Å². The molecule has 0 N–H and O–H groups in total. The molecule has 0 atom stereocenters. The summed E-state index contributed by atoms with van der Waals surface area (Å²) in [5.74, 6) is 0. The van der Waals surface area contributed by atoms with Crippen LogP contribution in [0, 0.1) is 10.7 Å². The summed E-state index contributed by atoms with van der Waals surface area (Å²) >= 11 is 1.21. The normalized spacial score (nSPS) is 10.1. The number of anilines is 1. The van der Waals surface area contributed by atoms with Crippen LogP contribution in [-0.2, 0) is 0 Å². The first-order valence-electron chi connectivity index (χ1n) is 4.99. The van der Waals surface area contributed by atoms with Gasteiger partial charge in [0.2, 0.25) is 0 Å². The van der Waals surface area contributed by atoms with Crippen LogP contribution in [0.3, 0.4) is 0 Å². The van der Waals surface area contributed by atoms with Crippen molar-refractivity contribution in [3.8, 4) is 5.40 Å². The zero-order valence-electron chi connectivity index (χ0n) is 9.27. The Kier molecular flexibility index (Phi) is 3.02. The molecule has 2 nitrogen and oxygen atoms in total. The molecule has 0 fully saturated rings. The van der Waals surface area contributed by atoms with Gasteiger partial charge < -0.3 is 4.90 Å². The zero-order valence-corrected chi connectivity index (χ0v) is 10.1. The molecule has 0 bridgehead atoms. The van der Waals surface area contributed by atoms with Crippen LogP contribution in [0.1, 0.15) is 0 Å². The minimum atomic E-state index is 1.02. The van der Waals surface area contributed by atoms with Gasteiger partial charge in [-0.1, -0.05) is 24.3 Å². The summed E-state index contributed by atoms with van der Waals surface area (Å²) < 4.78 is 0. The SMILES string of the molecule is CN(C)c1ccc(SC#N)c2ccccc12. The van der Waals surface area contributed by atoms with Crippen molar-refractivity contribution in [2.75, 3.05) is 19.0 Å². The van der Waals surface area contributed by atoms with Crippen molar-refractivity contribution in [3.63, 3.8) is 0 Å². The van der Waals surface area contributed by atoms with Crippen LogP contribution in [0.5, 0.6) is 0 Å². The monoisotopic (exact) mass is 228 g/mol. The molecule has 2 aromatic carbocycles. The molecule has 0 saturated carbocycles. The number of rotatable bonds is 2. The van der Waals surface area contributed by atoms with E-state index in [4.69, 9.17) is 5.26 Å². The molecular formula is C13H12N2S. The summed E-state index contributed by atoms with van der Waals surface area (Å²) in [6, 6.07) is 12.2. The first-order chi connectivity index (χ1) is 7.74. The quantitative estimate of drug-likeness (QED) is 0.581. The third-order valence-corrected chi connectivity index (χ3v) is 3.17. The number of benzene rings is 2. The Morgan fingerprint density at radius 2 is 1.75 bits per heavy atom. The molecule has 2 rings (SSSR count). The maximum atomic E-state index is 8.76. The summed E-state index contributed by atoms with van der Waals surface area (Å²) in [5, 5.41) is 13.2. The standard InChI is InChI=1S/C13H12N2S/c1-15(2)12-7-8-13(16-9-14)11-6-4-3-5-10(11)12/h3-8H,1-2H3. The van der Waals surface area contributed by atoms with Gasteiger partial charge in [0, 0.05) is 30.1 Å². The first-order valence-corrected chi connectivity index (χ1v) is 5.80. The molecule has 0 aliphatic heterocycles. The van der Waals surface area contributed by atoms with Crippen molar-refractivity contribution in [1.82, 2.24) is 0 Å². The van der Waals surface area contributed by atoms with Gasteiger partial charge in [-0.2, -0.15) is 5.26 Å². The lowest BCUT2D eigenvalue weighted by Gasteiger charge is -2.16. The third-order valence-electron chi connectivity index (χ3n) is 2.50.